The summed E-state index contributed by atoms with van der Waals surface area (Å²) in [5.74, 6) is 0. The second-order valence-corrected chi connectivity index (χ2v) is 4.27. The number of hydrogen-bond acceptors (Lipinski definition) is 3. The highest BCUT2D eigenvalue weighted by molar-refractivity contribution is 5.50. The Morgan fingerprint density at radius 1 is 0.810 bits per heavy atom. The third kappa shape index (κ3) is 4.47. The summed E-state index contributed by atoms with van der Waals surface area (Å²) in [6.07, 6.45) is 0.856. The molecule has 21 heavy (non-hydrogen) atoms. The summed E-state index contributed by atoms with van der Waals surface area (Å²) in [5.41, 5.74) is 20.0. The molecule has 0 fully saturated rings. The molecule has 2 aromatic rings. The molecule has 0 saturated carbocycles. The monoisotopic (exact) mass is 279 g/mol. The molecule has 0 aromatic heterocycles. The second kappa shape index (κ2) is 7.45. The van der Waals surface area contributed by atoms with Gasteiger partial charge in [0.05, 0.1) is 0 Å². The molecule has 0 aliphatic heterocycles. The molecule has 0 spiro atoms. The summed E-state index contributed by atoms with van der Waals surface area (Å²) in [4.78, 5) is 5.47. The molecule has 0 radical (unpaired) electrons. The van der Waals surface area contributed by atoms with Gasteiger partial charge in [-0.05, 0) is 35.2 Å². The molecule has 104 valence electrons. The van der Waals surface area contributed by atoms with E-state index < -0.39 is 0 Å². The smallest absolute Gasteiger partial charge is 0.0376 e. The van der Waals surface area contributed by atoms with Crippen LogP contribution in [0.5, 0.6) is 0 Å². The fourth-order valence-electron chi connectivity index (χ4n) is 1.83. The zero-order valence-corrected chi connectivity index (χ0v) is 11.2. The molecule has 2 rings (SSSR count). The Labute approximate surface area is 121 Å². The van der Waals surface area contributed by atoms with E-state index in [1.165, 1.54) is 0 Å². The first kappa shape index (κ1) is 14.3. The van der Waals surface area contributed by atoms with E-state index in [1.807, 2.05) is 24.3 Å². The molecule has 7 nitrogen and oxygen atoms in total. The molecular weight excluding hydrogens is 266 g/mol. The van der Waals surface area contributed by atoms with E-state index in [1.54, 1.807) is 24.3 Å². The van der Waals surface area contributed by atoms with Crippen LogP contribution in [-0.4, -0.2) is 6.54 Å². The Balaban J connectivity index is 1.85. The maximum atomic E-state index is 8.33. The summed E-state index contributed by atoms with van der Waals surface area (Å²) < 4.78 is 0. The molecular formula is C14H13N7. The Hall–Kier alpha value is -3.14. The van der Waals surface area contributed by atoms with Crippen molar-refractivity contribution in [2.24, 2.45) is 10.2 Å². The summed E-state index contributed by atoms with van der Waals surface area (Å²) in [6, 6.07) is 14.7. The Bertz CT molecular complexity index is 617. The van der Waals surface area contributed by atoms with Crippen LogP contribution in [-0.2, 0) is 6.42 Å². The maximum absolute atomic E-state index is 8.33. The third-order valence-corrected chi connectivity index (χ3v) is 2.87. The summed E-state index contributed by atoms with van der Waals surface area (Å²) in [6.45, 7) is 0.779. The molecule has 0 aliphatic carbocycles. The van der Waals surface area contributed by atoms with Gasteiger partial charge in [0.15, 0.2) is 0 Å². The van der Waals surface area contributed by atoms with Crippen molar-refractivity contribution in [1.29, 1.82) is 0 Å². The minimum atomic E-state index is 0.594. The van der Waals surface area contributed by atoms with Gasteiger partial charge in [-0.15, -0.1) is 0 Å². The van der Waals surface area contributed by atoms with Gasteiger partial charge in [-0.1, -0.05) is 46.6 Å². The minimum Gasteiger partial charge on any atom is -0.385 e. The van der Waals surface area contributed by atoms with E-state index in [4.69, 9.17) is 11.1 Å². The number of azide groups is 2. The molecule has 0 bridgehead atoms. The first-order valence-electron chi connectivity index (χ1n) is 6.35. The fraction of sp³-hybridized carbons (Fsp3) is 0.143. The van der Waals surface area contributed by atoms with Gasteiger partial charge in [-0.2, -0.15) is 0 Å². The van der Waals surface area contributed by atoms with E-state index in [9.17, 15) is 0 Å². The van der Waals surface area contributed by atoms with Crippen LogP contribution in [0.25, 0.3) is 20.9 Å². The summed E-state index contributed by atoms with van der Waals surface area (Å²) in [7, 11) is 0. The van der Waals surface area contributed by atoms with Gasteiger partial charge in [0.25, 0.3) is 0 Å². The van der Waals surface area contributed by atoms with Gasteiger partial charge in [0.2, 0.25) is 0 Å². The molecule has 2 aromatic carbocycles. The number of hydrogen-bond donors (Lipinski definition) is 1. The van der Waals surface area contributed by atoms with E-state index in [0.29, 0.717) is 11.4 Å². The quantitative estimate of drug-likeness (QED) is 0.436. The van der Waals surface area contributed by atoms with Crippen molar-refractivity contribution in [3.05, 3.63) is 75.0 Å². The topological polar surface area (TPSA) is 110 Å². The molecule has 0 aliphatic rings. The zero-order chi connectivity index (χ0) is 14.9. The number of benzene rings is 2. The lowest BCUT2D eigenvalue weighted by Gasteiger charge is -2.07. The number of rotatable bonds is 6. The maximum Gasteiger partial charge on any atom is 0.0376 e. The van der Waals surface area contributed by atoms with Crippen molar-refractivity contribution >= 4 is 17.1 Å². The van der Waals surface area contributed by atoms with Crippen LogP contribution >= 0.6 is 0 Å². The van der Waals surface area contributed by atoms with Crippen LogP contribution in [0, 0.1) is 0 Å². The van der Waals surface area contributed by atoms with Gasteiger partial charge >= 0.3 is 0 Å². The van der Waals surface area contributed by atoms with Crippen molar-refractivity contribution < 1.29 is 0 Å². The predicted molar refractivity (Wildman–Crippen MR) is 82.7 cm³/mol. The SMILES string of the molecule is [N-]=[N+]=Nc1ccc(CCNc2ccc(N=[N+]=[N-])cc2)cc1. The highest BCUT2D eigenvalue weighted by atomic mass is 15.1. The fourth-order valence-corrected chi connectivity index (χ4v) is 1.83. The van der Waals surface area contributed by atoms with Crippen molar-refractivity contribution in [2.45, 2.75) is 6.42 Å². The van der Waals surface area contributed by atoms with Gasteiger partial charge < -0.3 is 5.32 Å². The minimum absolute atomic E-state index is 0.594. The molecule has 0 unspecified atom stereocenters. The van der Waals surface area contributed by atoms with Gasteiger partial charge in [-0.3, -0.25) is 0 Å². The lowest BCUT2D eigenvalue weighted by molar-refractivity contribution is 1.02. The van der Waals surface area contributed by atoms with E-state index in [-0.39, 0.29) is 0 Å². The van der Waals surface area contributed by atoms with E-state index >= 15 is 0 Å². The number of nitrogens with one attached hydrogen (secondary N) is 1. The van der Waals surface area contributed by atoms with Crippen LogP contribution in [0.1, 0.15) is 5.56 Å². The van der Waals surface area contributed by atoms with Crippen LogP contribution < -0.4 is 5.32 Å². The first-order valence-corrected chi connectivity index (χ1v) is 6.35. The first-order chi connectivity index (χ1) is 10.3. The molecule has 0 atom stereocenters. The van der Waals surface area contributed by atoms with Crippen molar-refractivity contribution in [3.8, 4) is 0 Å². The van der Waals surface area contributed by atoms with Crippen LogP contribution in [0.2, 0.25) is 0 Å². The van der Waals surface area contributed by atoms with Gasteiger partial charge in [-0.25, -0.2) is 0 Å². The van der Waals surface area contributed by atoms with Gasteiger partial charge in [0, 0.05) is 33.4 Å². The normalized spacial score (nSPS) is 9.33. The molecule has 0 amide bonds. The standard InChI is InChI=1S/C14H13N7/c15-20-18-13-3-1-11(2-4-13)9-10-17-12-5-7-14(8-6-12)19-21-16/h1-8,17H,9-10H2. The molecule has 1 N–H and O–H groups in total. The lowest BCUT2D eigenvalue weighted by atomic mass is 10.1. The second-order valence-electron chi connectivity index (χ2n) is 4.27. The largest absolute Gasteiger partial charge is 0.385 e. The third-order valence-electron chi connectivity index (χ3n) is 2.87. The average Bonchev–Trinajstić information content (AvgIpc) is 2.51. The number of nitrogens with zero attached hydrogens (tertiary/aromatic N) is 6. The Morgan fingerprint density at radius 2 is 1.33 bits per heavy atom. The highest BCUT2D eigenvalue weighted by Gasteiger charge is 1.95. The Morgan fingerprint density at radius 3 is 1.86 bits per heavy atom. The predicted octanol–water partition coefficient (Wildman–Crippen LogP) is 5.22. The van der Waals surface area contributed by atoms with Gasteiger partial charge in [0.1, 0.15) is 0 Å². The molecule has 0 saturated heterocycles. The van der Waals surface area contributed by atoms with Crippen molar-refractivity contribution in [3.63, 3.8) is 0 Å². The highest BCUT2D eigenvalue weighted by Crippen LogP contribution is 2.17. The Kier molecular flexibility index (Phi) is 5.06. The van der Waals surface area contributed by atoms with Crippen molar-refractivity contribution in [2.75, 3.05) is 11.9 Å². The lowest BCUT2D eigenvalue weighted by Crippen LogP contribution is -2.04. The molecule has 0 heterocycles. The zero-order valence-electron chi connectivity index (χ0n) is 11.2. The van der Waals surface area contributed by atoms with E-state index in [0.717, 1.165) is 24.2 Å². The van der Waals surface area contributed by atoms with Crippen molar-refractivity contribution in [1.82, 2.24) is 0 Å². The summed E-state index contributed by atoms with van der Waals surface area (Å²) >= 11 is 0. The molecule has 7 heteroatoms. The van der Waals surface area contributed by atoms with Crippen LogP contribution in [0.15, 0.2) is 58.8 Å². The summed E-state index contributed by atoms with van der Waals surface area (Å²) in [5, 5.41) is 10.3. The van der Waals surface area contributed by atoms with E-state index in [2.05, 4.69) is 25.4 Å². The van der Waals surface area contributed by atoms with Crippen LogP contribution in [0.4, 0.5) is 17.1 Å². The van der Waals surface area contributed by atoms with Crippen LogP contribution in [0.3, 0.4) is 0 Å². The number of anilines is 1. The average molecular weight is 279 g/mol.